The maximum Gasteiger partial charge on any atom is 0.272 e. The van der Waals surface area contributed by atoms with Gasteiger partial charge in [-0.2, -0.15) is 5.10 Å². The zero-order valence-electron chi connectivity index (χ0n) is 12.4. The first-order valence-corrected chi connectivity index (χ1v) is 7.03. The van der Waals surface area contributed by atoms with E-state index in [0.717, 1.165) is 10.9 Å². The molecule has 0 spiro atoms. The van der Waals surface area contributed by atoms with Crippen molar-refractivity contribution in [3.63, 3.8) is 0 Å². The van der Waals surface area contributed by atoms with E-state index in [9.17, 15) is 4.79 Å². The van der Waals surface area contributed by atoms with Gasteiger partial charge >= 0.3 is 0 Å². The molecule has 0 unspecified atom stereocenters. The summed E-state index contributed by atoms with van der Waals surface area (Å²) in [6.07, 6.45) is 0. The number of para-hydroxylation sites is 1. The van der Waals surface area contributed by atoms with Crippen molar-refractivity contribution < 1.29 is 9.47 Å². The van der Waals surface area contributed by atoms with Crippen molar-refractivity contribution in [3.8, 4) is 22.8 Å². The summed E-state index contributed by atoms with van der Waals surface area (Å²) < 4.78 is 10.8. The van der Waals surface area contributed by atoms with Gasteiger partial charge in [-0.05, 0) is 37.3 Å². The highest BCUT2D eigenvalue weighted by atomic mass is 16.5. The third kappa shape index (κ3) is 2.41. The minimum atomic E-state index is -0.241. The van der Waals surface area contributed by atoms with Crippen molar-refractivity contribution in [1.82, 2.24) is 10.2 Å². The topological polar surface area (TPSA) is 64.2 Å². The van der Waals surface area contributed by atoms with Crippen LogP contribution in [0.1, 0.15) is 6.92 Å². The van der Waals surface area contributed by atoms with Gasteiger partial charge in [0.25, 0.3) is 5.56 Å². The fourth-order valence-electron chi connectivity index (χ4n) is 2.45. The van der Waals surface area contributed by atoms with Gasteiger partial charge in [0.2, 0.25) is 0 Å². The molecule has 0 bridgehead atoms. The summed E-state index contributed by atoms with van der Waals surface area (Å²) in [6.45, 7) is 2.45. The summed E-state index contributed by atoms with van der Waals surface area (Å²) >= 11 is 0. The van der Waals surface area contributed by atoms with E-state index in [0.29, 0.717) is 29.2 Å². The lowest BCUT2D eigenvalue weighted by atomic mass is 10.0. The van der Waals surface area contributed by atoms with E-state index < -0.39 is 0 Å². The molecule has 1 N–H and O–H groups in total. The van der Waals surface area contributed by atoms with Crippen LogP contribution in [0.5, 0.6) is 11.5 Å². The minimum absolute atomic E-state index is 0.241. The van der Waals surface area contributed by atoms with Gasteiger partial charge in [0, 0.05) is 10.9 Å². The van der Waals surface area contributed by atoms with Crippen LogP contribution in [-0.4, -0.2) is 23.9 Å². The number of nitrogens with one attached hydrogen (secondary N) is 1. The predicted octanol–water partition coefficient (Wildman–Crippen LogP) is 3.00. The standard InChI is InChI=1S/C17H16N2O3/c1-3-22-11-8-9-12-14(10-11)17(20)19-18-16(12)13-6-4-5-7-15(13)21-2/h4-10H,3H2,1-2H3,(H,19,20). The molecular formula is C17H16N2O3. The number of H-pyrrole nitrogens is 1. The zero-order valence-corrected chi connectivity index (χ0v) is 12.4. The number of hydrogen-bond donors (Lipinski definition) is 1. The number of aromatic amines is 1. The third-order valence-corrected chi connectivity index (χ3v) is 3.43. The van der Waals surface area contributed by atoms with Crippen LogP contribution in [0, 0.1) is 0 Å². The van der Waals surface area contributed by atoms with Crippen LogP contribution < -0.4 is 15.0 Å². The second-order valence-electron chi connectivity index (χ2n) is 4.74. The van der Waals surface area contributed by atoms with Gasteiger partial charge in [-0.15, -0.1) is 0 Å². The molecule has 0 saturated heterocycles. The van der Waals surface area contributed by atoms with Gasteiger partial charge < -0.3 is 9.47 Å². The Morgan fingerprint density at radius 1 is 1.14 bits per heavy atom. The molecule has 2 aromatic carbocycles. The van der Waals surface area contributed by atoms with E-state index in [-0.39, 0.29) is 5.56 Å². The SMILES string of the molecule is CCOc1ccc2c(-c3ccccc3OC)n[nH]c(=O)c2c1. The Kier molecular flexibility index (Phi) is 3.78. The lowest BCUT2D eigenvalue weighted by Crippen LogP contribution is -2.10. The highest BCUT2D eigenvalue weighted by Gasteiger charge is 2.13. The minimum Gasteiger partial charge on any atom is -0.496 e. The molecule has 1 heterocycles. The molecule has 0 atom stereocenters. The van der Waals surface area contributed by atoms with Crippen LogP contribution in [0.15, 0.2) is 47.3 Å². The number of benzene rings is 2. The molecule has 1 aromatic heterocycles. The van der Waals surface area contributed by atoms with Crippen LogP contribution in [0.4, 0.5) is 0 Å². The lowest BCUT2D eigenvalue weighted by Gasteiger charge is -2.10. The molecule has 0 amide bonds. The maximum atomic E-state index is 12.1. The maximum absolute atomic E-state index is 12.1. The van der Waals surface area contributed by atoms with Crippen LogP contribution in [0.25, 0.3) is 22.0 Å². The van der Waals surface area contributed by atoms with Gasteiger partial charge in [0.1, 0.15) is 17.2 Å². The van der Waals surface area contributed by atoms with Crippen molar-refractivity contribution in [2.24, 2.45) is 0 Å². The summed E-state index contributed by atoms with van der Waals surface area (Å²) in [4.78, 5) is 12.1. The van der Waals surface area contributed by atoms with Crippen molar-refractivity contribution in [1.29, 1.82) is 0 Å². The van der Waals surface area contributed by atoms with Crippen LogP contribution in [-0.2, 0) is 0 Å². The second-order valence-corrected chi connectivity index (χ2v) is 4.74. The summed E-state index contributed by atoms with van der Waals surface area (Å²) in [5.74, 6) is 1.37. The molecule has 112 valence electrons. The quantitative estimate of drug-likeness (QED) is 0.804. The molecule has 3 aromatic rings. The number of hydrogen-bond acceptors (Lipinski definition) is 4. The van der Waals surface area contributed by atoms with E-state index in [1.54, 1.807) is 13.2 Å². The average Bonchev–Trinajstić information content (AvgIpc) is 2.56. The predicted molar refractivity (Wildman–Crippen MR) is 85.5 cm³/mol. The van der Waals surface area contributed by atoms with Crippen LogP contribution in [0.2, 0.25) is 0 Å². The molecule has 5 heteroatoms. The highest BCUT2D eigenvalue weighted by Crippen LogP contribution is 2.32. The molecule has 0 saturated carbocycles. The zero-order chi connectivity index (χ0) is 15.5. The summed E-state index contributed by atoms with van der Waals surface area (Å²) in [7, 11) is 1.61. The van der Waals surface area contributed by atoms with Crippen LogP contribution >= 0.6 is 0 Å². The molecule has 0 aliphatic rings. The van der Waals surface area contributed by atoms with Gasteiger partial charge in [-0.25, -0.2) is 5.10 Å². The average molecular weight is 296 g/mol. The Morgan fingerprint density at radius 2 is 1.95 bits per heavy atom. The van der Waals surface area contributed by atoms with Crippen molar-refractivity contribution >= 4 is 10.8 Å². The van der Waals surface area contributed by atoms with E-state index in [4.69, 9.17) is 9.47 Å². The van der Waals surface area contributed by atoms with E-state index >= 15 is 0 Å². The smallest absolute Gasteiger partial charge is 0.272 e. The first-order chi connectivity index (χ1) is 10.7. The van der Waals surface area contributed by atoms with E-state index in [2.05, 4.69) is 10.2 Å². The molecule has 0 radical (unpaired) electrons. The van der Waals surface area contributed by atoms with Crippen molar-refractivity contribution in [3.05, 3.63) is 52.8 Å². The number of nitrogens with zero attached hydrogens (tertiary/aromatic N) is 1. The van der Waals surface area contributed by atoms with Gasteiger partial charge in [-0.1, -0.05) is 12.1 Å². The Bertz CT molecular complexity index is 871. The Labute approximate surface area is 127 Å². The van der Waals surface area contributed by atoms with E-state index in [1.165, 1.54) is 0 Å². The molecule has 0 aliphatic heterocycles. The van der Waals surface area contributed by atoms with Crippen molar-refractivity contribution in [2.45, 2.75) is 6.92 Å². The van der Waals surface area contributed by atoms with Crippen molar-refractivity contribution in [2.75, 3.05) is 13.7 Å². The first-order valence-electron chi connectivity index (χ1n) is 7.03. The molecule has 0 aliphatic carbocycles. The number of ether oxygens (including phenoxy) is 2. The summed E-state index contributed by atoms with van der Waals surface area (Å²) in [6, 6.07) is 13.0. The number of fused-ring (bicyclic) bond motifs is 1. The first kappa shape index (κ1) is 14.1. The molecule has 0 fully saturated rings. The number of aromatic nitrogens is 2. The third-order valence-electron chi connectivity index (χ3n) is 3.43. The lowest BCUT2D eigenvalue weighted by molar-refractivity contribution is 0.340. The molecular weight excluding hydrogens is 280 g/mol. The second kappa shape index (κ2) is 5.89. The monoisotopic (exact) mass is 296 g/mol. The number of rotatable bonds is 4. The Morgan fingerprint density at radius 3 is 2.73 bits per heavy atom. The van der Waals surface area contributed by atoms with Crippen LogP contribution in [0.3, 0.4) is 0 Å². The molecule has 5 nitrogen and oxygen atoms in total. The Hall–Kier alpha value is -2.82. The van der Waals surface area contributed by atoms with Gasteiger partial charge in [0.05, 0.1) is 19.1 Å². The fraction of sp³-hybridized carbons (Fsp3) is 0.176. The van der Waals surface area contributed by atoms with Gasteiger partial charge in [-0.3, -0.25) is 4.79 Å². The highest BCUT2D eigenvalue weighted by molar-refractivity contribution is 5.95. The number of methoxy groups -OCH3 is 1. The Balaban J connectivity index is 2.27. The normalized spacial score (nSPS) is 10.6. The van der Waals surface area contributed by atoms with Gasteiger partial charge in [0.15, 0.2) is 0 Å². The summed E-state index contributed by atoms with van der Waals surface area (Å²) in [5, 5.41) is 8.05. The summed E-state index contributed by atoms with van der Waals surface area (Å²) in [5.41, 5.74) is 1.26. The largest absolute Gasteiger partial charge is 0.496 e. The molecule has 22 heavy (non-hydrogen) atoms. The molecule has 3 rings (SSSR count). The van der Waals surface area contributed by atoms with E-state index in [1.807, 2.05) is 43.3 Å². The fourth-order valence-corrected chi connectivity index (χ4v) is 2.45.